The molecule has 3 nitrogen and oxygen atoms in total. The fraction of sp³-hybridized carbons (Fsp3) is 0.154. The quantitative estimate of drug-likeness (QED) is 0.768. The van der Waals surface area contributed by atoms with Gasteiger partial charge in [-0.15, -0.1) is 0 Å². The molecule has 0 aliphatic carbocycles. The Bertz CT molecular complexity index is 544. The first kappa shape index (κ1) is 10.5. The molecule has 16 heavy (non-hydrogen) atoms. The van der Waals surface area contributed by atoms with Gasteiger partial charge in [0, 0.05) is 23.5 Å². The zero-order chi connectivity index (χ0) is 11.5. The molecule has 82 valence electrons. The number of aromatic nitrogens is 1. The molecular weight excluding hydrogens is 202 g/mol. The lowest BCUT2D eigenvalue weighted by Gasteiger charge is -2.09. The number of ether oxygens (including phenoxy) is 1. The van der Waals surface area contributed by atoms with Gasteiger partial charge in [-0.05, 0) is 19.1 Å². The molecular formula is C13H13NO2. The predicted molar refractivity (Wildman–Crippen MR) is 63.3 cm³/mol. The topological polar surface area (TPSA) is 31.2 Å². The van der Waals surface area contributed by atoms with Gasteiger partial charge >= 0.3 is 0 Å². The van der Waals surface area contributed by atoms with Gasteiger partial charge in [0.1, 0.15) is 5.75 Å². The van der Waals surface area contributed by atoms with Crippen LogP contribution in [0.3, 0.4) is 0 Å². The Morgan fingerprint density at radius 3 is 2.50 bits per heavy atom. The molecule has 0 radical (unpaired) electrons. The van der Waals surface area contributed by atoms with Crippen molar-refractivity contribution in [3.05, 3.63) is 58.5 Å². The number of hydrogen-bond acceptors (Lipinski definition) is 2. The molecule has 0 N–H and O–H groups in total. The minimum absolute atomic E-state index is 0.0892. The summed E-state index contributed by atoms with van der Waals surface area (Å²) in [5, 5.41) is 0. The lowest BCUT2D eigenvalue weighted by molar-refractivity contribution is 0.410. The van der Waals surface area contributed by atoms with E-state index >= 15 is 0 Å². The van der Waals surface area contributed by atoms with Gasteiger partial charge in [-0.25, -0.2) is 0 Å². The Morgan fingerprint density at radius 2 is 1.88 bits per heavy atom. The van der Waals surface area contributed by atoms with E-state index in [9.17, 15) is 4.79 Å². The smallest absolute Gasteiger partial charge is 0.258 e. The van der Waals surface area contributed by atoms with Crippen molar-refractivity contribution in [1.82, 2.24) is 4.57 Å². The van der Waals surface area contributed by atoms with Crippen LogP contribution in [-0.4, -0.2) is 11.7 Å². The van der Waals surface area contributed by atoms with Crippen molar-refractivity contribution in [2.75, 3.05) is 7.11 Å². The van der Waals surface area contributed by atoms with Gasteiger partial charge in [-0.1, -0.05) is 18.2 Å². The summed E-state index contributed by atoms with van der Waals surface area (Å²) in [5.41, 5.74) is 1.71. The van der Waals surface area contributed by atoms with Gasteiger partial charge in [0.15, 0.2) is 0 Å². The molecule has 0 fully saturated rings. The first-order valence-corrected chi connectivity index (χ1v) is 5.05. The van der Waals surface area contributed by atoms with E-state index in [2.05, 4.69) is 0 Å². The average molecular weight is 215 g/mol. The maximum Gasteiger partial charge on any atom is 0.258 e. The fourth-order valence-electron chi connectivity index (χ4n) is 1.63. The minimum Gasteiger partial charge on any atom is -0.496 e. The molecule has 0 bridgehead atoms. The van der Waals surface area contributed by atoms with Gasteiger partial charge in [0.25, 0.3) is 5.56 Å². The van der Waals surface area contributed by atoms with Crippen LogP contribution in [0, 0.1) is 6.92 Å². The van der Waals surface area contributed by atoms with Crippen LogP contribution < -0.4 is 10.3 Å². The van der Waals surface area contributed by atoms with Crippen molar-refractivity contribution < 1.29 is 4.74 Å². The molecule has 1 aromatic heterocycles. The molecule has 0 unspecified atom stereocenters. The molecule has 2 aromatic rings. The molecule has 2 rings (SSSR count). The summed E-state index contributed by atoms with van der Waals surface area (Å²) in [6.45, 7) is 1.91. The highest BCUT2D eigenvalue weighted by Crippen LogP contribution is 2.15. The van der Waals surface area contributed by atoms with E-state index < -0.39 is 0 Å². The van der Waals surface area contributed by atoms with Crippen LogP contribution in [0.4, 0.5) is 0 Å². The average Bonchev–Trinajstić information content (AvgIpc) is 2.32. The summed E-state index contributed by atoms with van der Waals surface area (Å²) in [6.07, 6.45) is 1.79. The molecule has 3 heteroatoms. The monoisotopic (exact) mass is 215 g/mol. The maximum absolute atomic E-state index is 11.8. The van der Waals surface area contributed by atoms with Crippen LogP contribution in [0.25, 0.3) is 5.69 Å². The highest BCUT2D eigenvalue weighted by atomic mass is 16.5. The van der Waals surface area contributed by atoms with Crippen LogP contribution in [0.2, 0.25) is 0 Å². The predicted octanol–water partition coefficient (Wildman–Crippen LogP) is 2.15. The highest BCUT2D eigenvalue weighted by molar-refractivity contribution is 5.37. The van der Waals surface area contributed by atoms with E-state index in [4.69, 9.17) is 4.74 Å². The number of hydrogen-bond donors (Lipinski definition) is 0. The van der Waals surface area contributed by atoms with Crippen molar-refractivity contribution in [3.63, 3.8) is 0 Å². The van der Waals surface area contributed by atoms with Gasteiger partial charge in [0.05, 0.1) is 7.11 Å². The number of para-hydroxylation sites is 1. The van der Waals surface area contributed by atoms with E-state index in [1.165, 1.54) is 6.07 Å². The fourth-order valence-corrected chi connectivity index (χ4v) is 1.63. The van der Waals surface area contributed by atoms with Crippen molar-refractivity contribution in [2.24, 2.45) is 0 Å². The third-order valence-corrected chi connectivity index (χ3v) is 2.46. The SMILES string of the molecule is COc1cc(=O)n(-c2ccccc2)cc1C. The van der Waals surface area contributed by atoms with E-state index in [1.807, 2.05) is 37.3 Å². The summed E-state index contributed by atoms with van der Waals surface area (Å²) in [6, 6.07) is 11.0. The lowest BCUT2D eigenvalue weighted by atomic mass is 10.2. The van der Waals surface area contributed by atoms with Gasteiger partial charge < -0.3 is 4.74 Å². The second kappa shape index (κ2) is 4.23. The van der Waals surface area contributed by atoms with Crippen LogP contribution in [-0.2, 0) is 0 Å². The molecule has 0 saturated heterocycles. The maximum atomic E-state index is 11.8. The number of pyridine rings is 1. The molecule has 1 heterocycles. The normalized spacial score (nSPS) is 10.1. The third kappa shape index (κ3) is 1.84. The Kier molecular flexibility index (Phi) is 2.77. The van der Waals surface area contributed by atoms with Crippen molar-refractivity contribution in [2.45, 2.75) is 6.92 Å². The van der Waals surface area contributed by atoms with Crippen molar-refractivity contribution in [1.29, 1.82) is 0 Å². The van der Waals surface area contributed by atoms with Gasteiger partial charge in [-0.2, -0.15) is 0 Å². The molecule has 0 atom stereocenters. The number of nitrogens with zero attached hydrogens (tertiary/aromatic N) is 1. The van der Waals surface area contributed by atoms with Crippen LogP contribution in [0.15, 0.2) is 47.4 Å². The summed E-state index contributed by atoms with van der Waals surface area (Å²) < 4.78 is 6.71. The van der Waals surface area contributed by atoms with Gasteiger partial charge in [-0.3, -0.25) is 9.36 Å². The zero-order valence-electron chi connectivity index (χ0n) is 9.31. The highest BCUT2D eigenvalue weighted by Gasteiger charge is 2.04. The first-order chi connectivity index (χ1) is 7.72. The third-order valence-electron chi connectivity index (χ3n) is 2.46. The summed E-state index contributed by atoms with van der Waals surface area (Å²) in [4.78, 5) is 11.8. The van der Waals surface area contributed by atoms with Crippen molar-refractivity contribution >= 4 is 0 Å². The second-order valence-corrected chi connectivity index (χ2v) is 3.57. The molecule has 0 aliphatic rings. The van der Waals surface area contributed by atoms with Crippen LogP contribution in [0.1, 0.15) is 5.56 Å². The molecule has 1 aromatic carbocycles. The number of aryl methyl sites for hydroxylation is 1. The zero-order valence-corrected chi connectivity index (χ0v) is 9.31. The van der Waals surface area contributed by atoms with Crippen LogP contribution in [0.5, 0.6) is 5.75 Å². The second-order valence-electron chi connectivity index (χ2n) is 3.57. The Balaban J connectivity index is 2.60. The molecule has 0 saturated carbocycles. The van der Waals surface area contributed by atoms with Crippen molar-refractivity contribution in [3.8, 4) is 11.4 Å². The number of benzene rings is 1. The lowest BCUT2D eigenvalue weighted by Crippen LogP contribution is -2.17. The minimum atomic E-state index is -0.0892. The molecule has 0 aliphatic heterocycles. The van der Waals surface area contributed by atoms with E-state index in [0.29, 0.717) is 5.75 Å². The largest absolute Gasteiger partial charge is 0.496 e. The van der Waals surface area contributed by atoms with E-state index in [0.717, 1.165) is 11.3 Å². The first-order valence-electron chi connectivity index (χ1n) is 5.05. The van der Waals surface area contributed by atoms with E-state index in [1.54, 1.807) is 17.9 Å². The summed E-state index contributed by atoms with van der Waals surface area (Å²) in [7, 11) is 1.56. The van der Waals surface area contributed by atoms with Gasteiger partial charge in [0.2, 0.25) is 0 Å². The van der Waals surface area contributed by atoms with Crippen LogP contribution >= 0.6 is 0 Å². The molecule has 0 amide bonds. The summed E-state index contributed by atoms with van der Waals surface area (Å²) in [5.74, 6) is 0.622. The Morgan fingerprint density at radius 1 is 1.19 bits per heavy atom. The Hall–Kier alpha value is -2.03. The number of rotatable bonds is 2. The standard InChI is InChI=1S/C13H13NO2/c1-10-9-14(11-6-4-3-5-7-11)13(15)8-12(10)16-2/h3-9H,1-2H3. The molecule has 0 spiro atoms. The summed E-state index contributed by atoms with van der Waals surface area (Å²) >= 11 is 0. The Labute approximate surface area is 93.9 Å². The number of methoxy groups -OCH3 is 1. The van der Waals surface area contributed by atoms with E-state index in [-0.39, 0.29) is 5.56 Å².